The molecular formula is C10H10N6O3. The van der Waals surface area contributed by atoms with Crippen LogP contribution in [0.3, 0.4) is 0 Å². The molecular weight excluding hydrogens is 252 g/mol. The van der Waals surface area contributed by atoms with Gasteiger partial charge in [0.1, 0.15) is 0 Å². The molecule has 19 heavy (non-hydrogen) atoms. The largest absolute Gasteiger partial charge is 0.464 e. The van der Waals surface area contributed by atoms with E-state index in [1.165, 1.54) is 25.7 Å². The number of primary amides is 1. The Bertz CT molecular complexity index is 650. The van der Waals surface area contributed by atoms with Gasteiger partial charge in [0.2, 0.25) is 0 Å². The summed E-state index contributed by atoms with van der Waals surface area (Å²) < 4.78 is 5.67. The first kappa shape index (κ1) is 12.5. The fourth-order valence-electron chi connectivity index (χ4n) is 1.42. The van der Waals surface area contributed by atoms with Crippen molar-refractivity contribution in [1.82, 2.24) is 19.7 Å². The first-order valence-electron chi connectivity index (χ1n) is 5.09. The van der Waals surface area contributed by atoms with Gasteiger partial charge in [-0.25, -0.2) is 19.4 Å². The van der Waals surface area contributed by atoms with E-state index in [1.807, 2.05) is 0 Å². The third-order valence-electron chi connectivity index (χ3n) is 2.25. The zero-order chi connectivity index (χ0) is 14.0. The van der Waals surface area contributed by atoms with Gasteiger partial charge < -0.3 is 16.2 Å². The number of rotatable bonds is 3. The van der Waals surface area contributed by atoms with Crippen molar-refractivity contribution >= 4 is 17.6 Å². The average molecular weight is 262 g/mol. The summed E-state index contributed by atoms with van der Waals surface area (Å²) in [4.78, 5) is 30.4. The summed E-state index contributed by atoms with van der Waals surface area (Å²) in [6.07, 6.45) is 4.00. The lowest BCUT2D eigenvalue weighted by Crippen LogP contribution is -2.18. The molecule has 0 bridgehead atoms. The summed E-state index contributed by atoms with van der Waals surface area (Å²) in [7, 11) is 1.21. The van der Waals surface area contributed by atoms with Crippen molar-refractivity contribution in [3.05, 3.63) is 30.0 Å². The normalized spacial score (nSPS) is 10.2. The number of hydrogen-bond acceptors (Lipinski definition) is 7. The maximum atomic E-state index is 11.4. The third kappa shape index (κ3) is 2.20. The Balaban J connectivity index is 2.55. The average Bonchev–Trinajstić information content (AvgIpc) is 2.79. The van der Waals surface area contributed by atoms with E-state index in [0.717, 1.165) is 4.68 Å². The summed E-state index contributed by atoms with van der Waals surface area (Å²) in [5.74, 6) is -1.38. The van der Waals surface area contributed by atoms with Gasteiger partial charge in [-0.3, -0.25) is 4.79 Å². The van der Waals surface area contributed by atoms with E-state index >= 15 is 0 Å². The van der Waals surface area contributed by atoms with Gasteiger partial charge >= 0.3 is 5.97 Å². The van der Waals surface area contributed by atoms with Crippen LogP contribution in [0.15, 0.2) is 18.6 Å². The Hall–Kier alpha value is -2.97. The molecule has 2 aromatic heterocycles. The number of hydrogen-bond donors (Lipinski definition) is 2. The van der Waals surface area contributed by atoms with Crippen molar-refractivity contribution in [1.29, 1.82) is 0 Å². The van der Waals surface area contributed by atoms with E-state index < -0.39 is 11.9 Å². The number of carbonyl (C=O) groups is 2. The summed E-state index contributed by atoms with van der Waals surface area (Å²) in [6, 6.07) is 0. The molecule has 2 heterocycles. The van der Waals surface area contributed by atoms with Gasteiger partial charge in [0, 0.05) is 12.4 Å². The quantitative estimate of drug-likeness (QED) is 0.685. The van der Waals surface area contributed by atoms with E-state index in [4.69, 9.17) is 11.5 Å². The fourth-order valence-corrected chi connectivity index (χ4v) is 1.42. The number of methoxy groups -OCH3 is 1. The standard InChI is InChI=1S/C10H10N6O3/c1-19-10(18)6-5(11)4-16(15-6)9-7(8(12)17)13-2-3-14-9/h2-4H,11H2,1H3,(H2,12,17). The zero-order valence-corrected chi connectivity index (χ0v) is 9.90. The van der Waals surface area contributed by atoms with Crippen LogP contribution in [0.1, 0.15) is 21.0 Å². The maximum absolute atomic E-state index is 11.4. The van der Waals surface area contributed by atoms with Gasteiger partial charge in [-0.15, -0.1) is 0 Å². The first-order valence-corrected chi connectivity index (χ1v) is 5.09. The number of aromatic nitrogens is 4. The lowest BCUT2D eigenvalue weighted by molar-refractivity contribution is 0.0594. The summed E-state index contributed by atoms with van der Waals surface area (Å²) in [6.45, 7) is 0. The highest BCUT2D eigenvalue weighted by Gasteiger charge is 2.19. The van der Waals surface area contributed by atoms with Crippen molar-refractivity contribution in [2.45, 2.75) is 0 Å². The number of nitrogen functional groups attached to an aromatic ring is 1. The summed E-state index contributed by atoms with van der Waals surface area (Å²) >= 11 is 0. The molecule has 0 radical (unpaired) electrons. The first-order chi connectivity index (χ1) is 9.04. The molecule has 0 aromatic carbocycles. The van der Waals surface area contributed by atoms with Crippen LogP contribution in [-0.2, 0) is 4.74 Å². The number of nitrogens with two attached hydrogens (primary N) is 2. The summed E-state index contributed by atoms with van der Waals surface area (Å²) in [5.41, 5.74) is 10.7. The molecule has 2 rings (SSSR count). The highest BCUT2D eigenvalue weighted by atomic mass is 16.5. The Morgan fingerprint density at radius 3 is 2.58 bits per heavy atom. The van der Waals surface area contributed by atoms with Gasteiger partial charge in [-0.05, 0) is 0 Å². The van der Waals surface area contributed by atoms with Crippen molar-refractivity contribution in [2.24, 2.45) is 5.73 Å². The molecule has 0 atom stereocenters. The van der Waals surface area contributed by atoms with Crippen LogP contribution < -0.4 is 11.5 Å². The molecule has 9 nitrogen and oxygen atoms in total. The minimum atomic E-state index is -0.767. The molecule has 2 aromatic rings. The molecule has 0 aliphatic heterocycles. The van der Waals surface area contributed by atoms with Crippen LogP contribution in [-0.4, -0.2) is 38.7 Å². The van der Waals surface area contributed by atoms with Crippen LogP contribution in [0.4, 0.5) is 5.69 Å². The second-order valence-electron chi connectivity index (χ2n) is 3.46. The Morgan fingerprint density at radius 1 is 1.26 bits per heavy atom. The Morgan fingerprint density at radius 2 is 1.95 bits per heavy atom. The molecule has 0 saturated heterocycles. The Kier molecular flexibility index (Phi) is 3.10. The fraction of sp³-hybridized carbons (Fsp3) is 0.100. The minimum absolute atomic E-state index is 0.0800. The molecule has 0 aliphatic carbocycles. The van der Waals surface area contributed by atoms with E-state index in [0.29, 0.717) is 0 Å². The molecule has 0 unspecified atom stereocenters. The number of carbonyl (C=O) groups excluding carboxylic acids is 2. The lowest BCUT2D eigenvalue weighted by atomic mass is 10.4. The number of anilines is 1. The molecule has 9 heteroatoms. The molecule has 98 valence electrons. The third-order valence-corrected chi connectivity index (χ3v) is 2.25. The van der Waals surface area contributed by atoms with Crippen LogP contribution in [0.2, 0.25) is 0 Å². The van der Waals surface area contributed by atoms with Gasteiger partial charge in [0.25, 0.3) is 5.91 Å². The monoisotopic (exact) mass is 262 g/mol. The topological polar surface area (TPSA) is 139 Å². The van der Waals surface area contributed by atoms with Crippen molar-refractivity contribution in [3.8, 4) is 5.82 Å². The van der Waals surface area contributed by atoms with E-state index in [2.05, 4.69) is 19.8 Å². The van der Waals surface area contributed by atoms with Gasteiger partial charge in [-0.1, -0.05) is 0 Å². The van der Waals surface area contributed by atoms with Crippen molar-refractivity contribution < 1.29 is 14.3 Å². The van der Waals surface area contributed by atoms with Gasteiger partial charge in [0.15, 0.2) is 17.2 Å². The number of nitrogens with zero attached hydrogens (tertiary/aromatic N) is 4. The van der Waals surface area contributed by atoms with E-state index in [1.54, 1.807) is 0 Å². The Labute approximate surface area is 107 Å². The smallest absolute Gasteiger partial charge is 0.360 e. The zero-order valence-electron chi connectivity index (χ0n) is 9.90. The SMILES string of the molecule is COC(=O)c1nn(-c2nccnc2C(N)=O)cc1N. The number of ether oxygens (including phenoxy) is 1. The predicted molar refractivity (Wildman–Crippen MR) is 63.4 cm³/mol. The maximum Gasteiger partial charge on any atom is 0.360 e. The molecule has 0 spiro atoms. The highest BCUT2D eigenvalue weighted by molar-refractivity contribution is 5.94. The lowest BCUT2D eigenvalue weighted by Gasteiger charge is -2.03. The molecule has 0 saturated carbocycles. The molecule has 1 amide bonds. The van der Waals surface area contributed by atoms with E-state index in [9.17, 15) is 9.59 Å². The number of amides is 1. The van der Waals surface area contributed by atoms with Gasteiger partial charge in [0.05, 0.1) is 19.0 Å². The van der Waals surface area contributed by atoms with Crippen LogP contribution in [0, 0.1) is 0 Å². The second kappa shape index (κ2) is 4.72. The molecule has 0 aliphatic rings. The van der Waals surface area contributed by atoms with Crippen molar-refractivity contribution in [2.75, 3.05) is 12.8 Å². The van der Waals surface area contributed by atoms with Crippen molar-refractivity contribution in [3.63, 3.8) is 0 Å². The van der Waals surface area contributed by atoms with Gasteiger partial charge in [-0.2, -0.15) is 5.10 Å². The molecule has 0 fully saturated rings. The highest BCUT2D eigenvalue weighted by Crippen LogP contribution is 2.15. The number of esters is 1. The second-order valence-corrected chi connectivity index (χ2v) is 3.46. The summed E-state index contributed by atoms with van der Waals surface area (Å²) in [5, 5.41) is 3.90. The van der Waals surface area contributed by atoms with E-state index in [-0.39, 0.29) is 22.9 Å². The van der Waals surface area contributed by atoms with Crippen LogP contribution in [0.25, 0.3) is 5.82 Å². The predicted octanol–water partition coefficient (Wildman–Crippen LogP) is -0.870. The van der Waals surface area contributed by atoms with Crippen LogP contribution in [0.5, 0.6) is 0 Å². The van der Waals surface area contributed by atoms with Crippen LogP contribution >= 0.6 is 0 Å². The molecule has 4 N–H and O–H groups in total. The minimum Gasteiger partial charge on any atom is -0.464 e.